The van der Waals surface area contributed by atoms with Gasteiger partial charge in [-0.15, -0.1) is 0 Å². The van der Waals surface area contributed by atoms with Crippen LogP contribution in [0.2, 0.25) is 0 Å². The first-order valence-electron chi connectivity index (χ1n) is 10.0. The highest BCUT2D eigenvalue weighted by atomic mass is 19.1. The zero-order valence-electron chi connectivity index (χ0n) is 16.6. The molecule has 31 heavy (non-hydrogen) atoms. The maximum Gasteiger partial charge on any atom is 0.294 e. The molecule has 0 unspecified atom stereocenters. The second-order valence-corrected chi connectivity index (χ2v) is 7.36. The Morgan fingerprint density at radius 3 is 2.58 bits per heavy atom. The SMILES string of the molecule is O=C(NCc1ccccc1F)c1ccc2c(c1)nc1n2CCN(c2ccccc2)C1=O. The minimum absolute atomic E-state index is 0.0910. The Labute approximate surface area is 177 Å². The molecule has 7 heteroatoms. The summed E-state index contributed by atoms with van der Waals surface area (Å²) in [6.07, 6.45) is 0. The van der Waals surface area contributed by atoms with E-state index in [9.17, 15) is 14.0 Å². The largest absolute Gasteiger partial charge is 0.348 e. The molecule has 1 aliphatic rings. The van der Waals surface area contributed by atoms with E-state index in [1.54, 1.807) is 41.3 Å². The summed E-state index contributed by atoms with van der Waals surface area (Å²) >= 11 is 0. The lowest BCUT2D eigenvalue weighted by Gasteiger charge is -2.27. The van der Waals surface area contributed by atoms with Crippen LogP contribution in [-0.2, 0) is 13.1 Å². The van der Waals surface area contributed by atoms with E-state index >= 15 is 0 Å². The Balaban J connectivity index is 1.40. The first-order valence-corrected chi connectivity index (χ1v) is 10.0. The van der Waals surface area contributed by atoms with Gasteiger partial charge in [0.05, 0.1) is 11.0 Å². The molecule has 1 N–H and O–H groups in total. The smallest absolute Gasteiger partial charge is 0.294 e. The van der Waals surface area contributed by atoms with Crippen molar-refractivity contribution in [2.75, 3.05) is 11.4 Å². The molecular formula is C24H19FN4O2. The lowest BCUT2D eigenvalue weighted by molar-refractivity contribution is 0.0946. The Kier molecular flexibility index (Phi) is 4.71. The second-order valence-electron chi connectivity index (χ2n) is 7.36. The first-order chi connectivity index (χ1) is 15.1. The molecule has 0 fully saturated rings. The molecule has 5 rings (SSSR count). The number of fused-ring (bicyclic) bond motifs is 3. The molecule has 154 valence electrons. The van der Waals surface area contributed by atoms with Crippen molar-refractivity contribution in [2.45, 2.75) is 13.1 Å². The molecule has 2 amide bonds. The van der Waals surface area contributed by atoms with Crippen LogP contribution in [0, 0.1) is 5.82 Å². The summed E-state index contributed by atoms with van der Waals surface area (Å²) in [6, 6.07) is 21.0. The van der Waals surface area contributed by atoms with Crippen molar-refractivity contribution in [3.05, 3.63) is 95.6 Å². The predicted molar refractivity (Wildman–Crippen MR) is 115 cm³/mol. The number of carbonyl (C=O) groups excluding carboxylic acids is 2. The lowest BCUT2D eigenvalue weighted by atomic mass is 10.1. The van der Waals surface area contributed by atoms with Gasteiger partial charge in [0.1, 0.15) is 5.82 Å². The van der Waals surface area contributed by atoms with Crippen molar-refractivity contribution in [1.82, 2.24) is 14.9 Å². The van der Waals surface area contributed by atoms with Crippen LogP contribution in [0.3, 0.4) is 0 Å². The fourth-order valence-electron chi connectivity index (χ4n) is 3.86. The van der Waals surface area contributed by atoms with Crippen LogP contribution in [0.1, 0.15) is 26.5 Å². The van der Waals surface area contributed by atoms with E-state index in [-0.39, 0.29) is 24.2 Å². The molecule has 1 aromatic heterocycles. The maximum absolute atomic E-state index is 13.8. The minimum atomic E-state index is -0.360. The van der Waals surface area contributed by atoms with E-state index < -0.39 is 0 Å². The molecular weight excluding hydrogens is 395 g/mol. The van der Waals surface area contributed by atoms with E-state index in [2.05, 4.69) is 10.3 Å². The van der Waals surface area contributed by atoms with Gasteiger partial charge in [0.15, 0.2) is 0 Å². The Morgan fingerprint density at radius 1 is 1.00 bits per heavy atom. The number of imidazole rings is 1. The van der Waals surface area contributed by atoms with Gasteiger partial charge >= 0.3 is 0 Å². The Morgan fingerprint density at radius 2 is 1.77 bits per heavy atom. The van der Waals surface area contributed by atoms with Gasteiger partial charge in [0, 0.05) is 36.4 Å². The molecule has 0 aliphatic carbocycles. The van der Waals surface area contributed by atoms with Gasteiger partial charge in [-0.3, -0.25) is 9.59 Å². The van der Waals surface area contributed by atoms with Crippen molar-refractivity contribution in [3.63, 3.8) is 0 Å². The topological polar surface area (TPSA) is 67.2 Å². The molecule has 0 saturated heterocycles. The van der Waals surface area contributed by atoms with Crippen LogP contribution in [0.4, 0.5) is 10.1 Å². The third kappa shape index (κ3) is 3.44. The van der Waals surface area contributed by atoms with Crippen LogP contribution in [0.5, 0.6) is 0 Å². The summed E-state index contributed by atoms with van der Waals surface area (Å²) in [5, 5.41) is 2.73. The van der Waals surface area contributed by atoms with Crippen molar-refractivity contribution < 1.29 is 14.0 Å². The number of nitrogens with one attached hydrogen (secondary N) is 1. The van der Waals surface area contributed by atoms with E-state index in [0.29, 0.717) is 35.6 Å². The Hall–Kier alpha value is -4.00. The zero-order valence-corrected chi connectivity index (χ0v) is 16.6. The van der Waals surface area contributed by atoms with E-state index in [0.717, 1.165) is 11.2 Å². The molecule has 1 aliphatic heterocycles. The molecule has 0 radical (unpaired) electrons. The number of benzene rings is 3. The van der Waals surface area contributed by atoms with Crippen LogP contribution < -0.4 is 10.2 Å². The number of aromatic nitrogens is 2. The highest BCUT2D eigenvalue weighted by molar-refractivity contribution is 6.07. The summed E-state index contributed by atoms with van der Waals surface area (Å²) < 4.78 is 15.7. The highest BCUT2D eigenvalue weighted by Crippen LogP contribution is 2.25. The van der Waals surface area contributed by atoms with Gasteiger partial charge in [-0.25, -0.2) is 9.37 Å². The van der Waals surface area contributed by atoms with Crippen LogP contribution in [0.25, 0.3) is 11.0 Å². The number of rotatable bonds is 4. The zero-order chi connectivity index (χ0) is 21.4. The average Bonchev–Trinajstić information content (AvgIpc) is 3.18. The number of carbonyl (C=O) groups is 2. The molecule has 3 aromatic carbocycles. The van der Waals surface area contributed by atoms with Gasteiger partial charge in [-0.1, -0.05) is 36.4 Å². The molecule has 2 heterocycles. The molecule has 0 spiro atoms. The van der Waals surface area contributed by atoms with Crippen molar-refractivity contribution in [2.24, 2.45) is 0 Å². The summed E-state index contributed by atoms with van der Waals surface area (Å²) in [5.41, 5.74) is 3.05. The fraction of sp³-hybridized carbons (Fsp3) is 0.125. The summed E-state index contributed by atoms with van der Waals surface area (Å²) in [6.45, 7) is 1.26. The summed E-state index contributed by atoms with van der Waals surface area (Å²) in [7, 11) is 0. The number of nitrogens with zero attached hydrogens (tertiary/aromatic N) is 3. The second kappa shape index (κ2) is 7.68. The number of hydrogen-bond acceptors (Lipinski definition) is 3. The summed E-state index contributed by atoms with van der Waals surface area (Å²) in [4.78, 5) is 31.8. The van der Waals surface area contributed by atoms with Gasteiger partial charge < -0.3 is 14.8 Å². The normalized spacial score (nSPS) is 13.3. The number of anilines is 1. The third-order valence-electron chi connectivity index (χ3n) is 5.46. The van der Waals surface area contributed by atoms with Gasteiger partial charge in [-0.05, 0) is 36.4 Å². The molecule has 6 nitrogen and oxygen atoms in total. The minimum Gasteiger partial charge on any atom is -0.348 e. The van der Waals surface area contributed by atoms with Crippen LogP contribution >= 0.6 is 0 Å². The van der Waals surface area contributed by atoms with Crippen molar-refractivity contribution in [1.29, 1.82) is 0 Å². The lowest BCUT2D eigenvalue weighted by Crippen LogP contribution is -2.40. The van der Waals surface area contributed by atoms with E-state index in [1.165, 1.54) is 6.07 Å². The summed E-state index contributed by atoms with van der Waals surface area (Å²) in [5.74, 6) is -0.497. The van der Waals surface area contributed by atoms with Crippen molar-refractivity contribution >= 4 is 28.5 Å². The predicted octanol–water partition coefficient (Wildman–Crippen LogP) is 3.77. The van der Waals surface area contributed by atoms with Gasteiger partial charge in [0.25, 0.3) is 11.8 Å². The standard InChI is InChI=1S/C24H19FN4O2/c25-19-9-5-4-6-17(19)15-26-23(30)16-10-11-21-20(14-16)27-22-24(31)28(12-13-29(21)22)18-7-2-1-3-8-18/h1-11,14H,12-13,15H2,(H,26,30). The van der Waals surface area contributed by atoms with Gasteiger partial charge in [-0.2, -0.15) is 0 Å². The van der Waals surface area contributed by atoms with E-state index in [4.69, 9.17) is 0 Å². The monoisotopic (exact) mass is 414 g/mol. The maximum atomic E-state index is 13.8. The highest BCUT2D eigenvalue weighted by Gasteiger charge is 2.29. The first kappa shape index (κ1) is 19.0. The van der Waals surface area contributed by atoms with Crippen LogP contribution in [-0.4, -0.2) is 27.9 Å². The fourth-order valence-corrected chi connectivity index (χ4v) is 3.86. The number of halogens is 1. The quantitative estimate of drug-likeness (QED) is 0.553. The van der Waals surface area contributed by atoms with Crippen LogP contribution in [0.15, 0.2) is 72.8 Å². The average molecular weight is 414 g/mol. The van der Waals surface area contributed by atoms with E-state index in [1.807, 2.05) is 34.9 Å². The number of amides is 2. The number of hydrogen-bond donors (Lipinski definition) is 1. The molecule has 4 aromatic rings. The number of para-hydroxylation sites is 1. The van der Waals surface area contributed by atoms with Crippen molar-refractivity contribution in [3.8, 4) is 0 Å². The third-order valence-corrected chi connectivity index (χ3v) is 5.46. The van der Waals surface area contributed by atoms with Gasteiger partial charge in [0.2, 0.25) is 5.82 Å². The molecule has 0 atom stereocenters. The molecule has 0 saturated carbocycles. The Bertz CT molecular complexity index is 1300. The molecule has 0 bridgehead atoms.